The van der Waals surface area contributed by atoms with Crippen molar-refractivity contribution >= 4 is 24.1 Å². The molecule has 0 fully saturated rings. The van der Waals surface area contributed by atoms with Crippen molar-refractivity contribution in [3.8, 4) is 0 Å². The molecular weight excluding hydrogens is 229 g/mol. The molecule has 0 unspecified atom stereocenters. The van der Waals surface area contributed by atoms with Gasteiger partial charge in [-0.25, -0.2) is 4.98 Å². The Hall–Kier alpha value is -2.18. The van der Waals surface area contributed by atoms with Gasteiger partial charge in [0, 0.05) is 11.2 Å². The normalized spacial score (nSPS) is 10.4. The number of aromatic nitrogens is 3. The lowest BCUT2D eigenvalue weighted by Crippen LogP contribution is -2.02. The summed E-state index contributed by atoms with van der Waals surface area (Å²) in [6, 6.07) is 3.54. The molecule has 0 radical (unpaired) electrons. The van der Waals surface area contributed by atoms with E-state index in [1.165, 1.54) is 0 Å². The Kier molecular flexibility index (Phi) is 3.39. The quantitative estimate of drug-likeness (QED) is 0.432. The fourth-order valence-electron chi connectivity index (χ4n) is 0.917. The van der Waals surface area contributed by atoms with Crippen molar-refractivity contribution in [1.29, 1.82) is 5.39 Å². The van der Waals surface area contributed by atoms with Gasteiger partial charge in [-0.3, -0.25) is 0 Å². The van der Waals surface area contributed by atoms with Crippen LogP contribution < -0.4 is 0 Å². The molecule has 0 aliphatic heterocycles. The second-order valence-electron chi connectivity index (χ2n) is 2.54. The van der Waals surface area contributed by atoms with Crippen molar-refractivity contribution in [2.45, 2.75) is 0 Å². The lowest BCUT2D eigenvalue weighted by molar-refractivity contribution is 0.368. The Labute approximate surface area is 86.2 Å². The molecule has 0 spiro atoms. The van der Waals surface area contributed by atoms with Crippen molar-refractivity contribution in [3.05, 3.63) is 23.3 Å². The van der Waals surface area contributed by atoms with E-state index in [0.717, 1.165) is 5.39 Å². The van der Waals surface area contributed by atoms with Crippen molar-refractivity contribution in [2.24, 2.45) is 0 Å². The Morgan fingerprint density at radius 1 is 1.31 bits per heavy atom. The van der Waals surface area contributed by atoms with Gasteiger partial charge in [0.15, 0.2) is 5.65 Å². The third kappa shape index (κ3) is 3.53. The van der Waals surface area contributed by atoms with Gasteiger partial charge in [-0.15, -0.1) is 0 Å². The third-order valence-corrected chi connectivity index (χ3v) is 1.41. The molecule has 5 nitrogen and oxygen atoms in total. The lowest BCUT2D eigenvalue weighted by Gasteiger charge is -1.94. The van der Waals surface area contributed by atoms with Crippen LogP contribution in [0.1, 0.15) is 0 Å². The molecule has 0 aliphatic carbocycles. The first-order valence-electron chi connectivity index (χ1n) is 3.93. The summed E-state index contributed by atoms with van der Waals surface area (Å²) in [7, 11) is -6.00. The fourth-order valence-corrected chi connectivity index (χ4v) is 0.917. The van der Waals surface area contributed by atoms with Crippen LogP contribution in [0, 0.1) is 5.39 Å². The van der Waals surface area contributed by atoms with E-state index in [0.29, 0.717) is 5.65 Å². The van der Waals surface area contributed by atoms with Crippen LogP contribution >= 0.6 is 0 Å². The first kappa shape index (κ1) is 11.9. The second kappa shape index (κ2) is 4.56. The van der Waals surface area contributed by atoms with Gasteiger partial charge >= 0.3 is 13.1 Å². The molecule has 2 rings (SSSR count). The Balaban J connectivity index is 0.000000221. The monoisotopic (exact) mass is 233 g/mol. The Morgan fingerprint density at radius 2 is 1.94 bits per heavy atom. The molecule has 2 heterocycles. The highest BCUT2D eigenvalue weighted by Gasteiger charge is 2.20. The first-order chi connectivity index (χ1) is 7.42. The summed E-state index contributed by atoms with van der Waals surface area (Å²) in [5.74, 6) is 0.271. The molecule has 16 heavy (non-hydrogen) atoms. The molecule has 0 aliphatic rings. The maximum absolute atomic E-state index is 9.75. The molecule has 10 heteroatoms. The molecule has 84 valence electrons. The lowest BCUT2D eigenvalue weighted by atomic mass is 10.3. The topological polar surface area (TPSA) is 69.7 Å². The van der Waals surface area contributed by atoms with Crippen LogP contribution in [-0.4, -0.2) is 22.4 Å². The highest BCUT2D eigenvalue weighted by molar-refractivity contribution is 6.50. The van der Waals surface area contributed by atoms with E-state index in [-0.39, 0.29) is 5.82 Å². The van der Waals surface area contributed by atoms with E-state index < -0.39 is 7.25 Å². The minimum absolute atomic E-state index is 0.271. The molecule has 0 saturated carbocycles. The first-order valence-corrected chi connectivity index (χ1v) is 3.93. The van der Waals surface area contributed by atoms with Crippen LogP contribution in [0.2, 0.25) is 0 Å². The van der Waals surface area contributed by atoms with Gasteiger partial charge in [-0.1, -0.05) is 0 Å². The largest absolute Gasteiger partial charge is 0.673 e. The average molecular weight is 233 g/mol. The van der Waals surface area contributed by atoms with E-state index in [4.69, 9.17) is 5.39 Å². The number of fused-ring (bicyclic) bond motifs is 1. The molecule has 0 saturated heterocycles. The number of H-pyrrole nitrogens is 1. The molecule has 2 aromatic heterocycles. The number of hydrogen-bond acceptors (Lipinski definition) is 3. The summed E-state index contributed by atoms with van der Waals surface area (Å²) >= 11 is 0. The number of diazo groups is 1. The van der Waals surface area contributed by atoms with Crippen LogP contribution in [0.5, 0.6) is 0 Å². The zero-order valence-corrected chi connectivity index (χ0v) is 7.61. The minimum Gasteiger partial charge on any atom is -0.418 e. The van der Waals surface area contributed by atoms with Crippen LogP contribution in [0.25, 0.3) is 16.0 Å². The van der Waals surface area contributed by atoms with Crippen LogP contribution in [0.15, 0.2) is 18.3 Å². The molecular formula is C6H4BF4N5. The van der Waals surface area contributed by atoms with Gasteiger partial charge in [0.1, 0.15) is 5.39 Å². The van der Waals surface area contributed by atoms with Gasteiger partial charge in [-0.05, 0) is 12.1 Å². The fraction of sp³-hybridized carbons (Fsp3) is 0. The summed E-state index contributed by atoms with van der Waals surface area (Å²) < 4.78 is 39.0. The molecule has 0 bridgehead atoms. The molecule has 0 amide bonds. The van der Waals surface area contributed by atoms with Gasteiger partial charge < -0.3 is 17.3 Å². The number of nitrogens with zero attached hydrogens (tertiary/aromatic N) is 4. The molecule has 2 aromatic rings. The SMILES string of the molecule is F[B-](F)(F)F.N#[N+]c1n[nH]c2ncccc12. The number of nitrogens with one attached hydrogen (secondary N) is 1. The molecule has 0 aromatic carbocycles. The van der Waals surface area contributed by atoms with E-state index >= 15 is 0 Å². The average Bonchev–Trinajstić information content (AvgIpc) is 2.58. The van der Waals surface area contributed by atoms with Gasteiger partial charge in [-0.2, -0.15) is 5.10 Å². The highest BCUT2D eigenvalue weighted by Crippen LogP contribution is 2.19. The van der Waals surface area contributed by atoms with Crippen LogP contribution in [0.4, 0.5) is 23.1 Å². The van der Waals surface area contributed by atoms with E-state index in [1.807, 2.05) is 0 Å². The maximum Gasteiger partial charge on any atom is 0.673 e. The highest BCUT2D eigenvalue weighted by atomic mass is 19.5. The summed E-state index contributed by atoms with van der Waals surface area (Å²) in [6.07, 6.45) is 1.64. The Morgan fingerprint density at radius 3 is 2.50 bits per heavy atom. The van der Waals surface area contributed by atoms with E-state index in [2.05, 4.69) is 20.2 Å². The van der Waals surface area contributed by atoms with Crippen molar-refractivity contribution in [1.82, 2.24) is 15.2 Å². The third-order valence-electron chi connectivity index (χ3n) is 1.41. The number of hydrogen-bond donors (Lipinski definition) is 1. The van der Waals surface area contributed by atoms with Crippen molar-refractivity contribution in [3.63, 3.8) is 0 Å². The van der Waals surface area contributed by atoms with Gasteiger partial charge in [0.05, 0.1) is 10.5 Å². The summed E-state index contributed by atoms with van der Waals surface area (Å²) in [5.41, 5.74) is 0.625. The standard InChI is InChI=1S/C6H4N5.BF4/c7-9-6-4-2-1-3-8-5(4)10-11-6;2-1(3,4)5/h1-3H,(H,8,10,11);/q+1;-1. The zero-order chi connectivity index (χ0) is 12.2. The Bertz CT molecular complexity index is 509. The van der Waals surface area contributed by atoms with Crippen molar-refractivity contribution < 1.29 is 17.3 Å². The van der Waals surface area contributed by atoms with Gasteiger partial charge in [0.25, 0.3) is 0 Å². The number of aromatic amines is 1. The maximum atomic E-state index is 9.75. The number of halogens is 4. The molecule has 0 atom stereocenters. The zero-order valence-electron chi connectivity index (χ0n) is 7.61. The minimum atomic E-state index is -6.00. The van der Waals surface area contributed by atoms with E-state index in [1.54, 1.807) is 18.3 Å². The number of rotatable bonds is 0. The van der Waals surface area contributed by atoms with Gasteiger partial charge in [0.2, 0.25) is 0 Å². The van der Waals surface area contributed by atoms with Crippen LogP contribution in [0.3, 0.4) is 0 Å². The predicted molar refractivity (Wildman–Crippen MR) is 48.8 cm³/mol. The summed E-state index contributed by atoms with van der Waals surface area (Å²) in [5, 5.41) is 15.5. The van der Waals surface area contributed by atoms with Crippen LogP contribution in [-0.2, 0) is 0 Å². The summed E-state index contributed by atoms with van der Waals surface area (Å²) in [4.78, 5) is 6.94. The molecule has 1 N–H and O–H groups in total. The predicted octanol–water partition coefficient (Wildman–Crippen LogP) is 2.74. The smallest absolute Gasteiger partial charge is 0.418 e. The second-order valence-corrected chi connectivity index (χ2v) is 2.54. The number of pyridine rings is 1. The summed E-state index contributed by atoms with van der Waals surface area (Å²) in [6.45, 7) is 0. The van der Waals surface area contributed by atoms with Crippen molar-refractivity contribution in [2.75, 3.05) is 0 Å². The van der Waals surface area contributed by atoms with E-state index in [9.17, 15) is 17.3 Å².